The maximum Gasteiger partial charge on any atom is 0.176 e. The Hall–Kier alpha value is -3.26. The van der Waals surface area contributed by atoms with Crippen LogP contribution in [0.4, 0.5) is 0 Å². The molecule has 0 unspecified atom stereocenters. The molecule has 0 bridgehead atoms. The predicted octanol–water partition coefficient (Wildman–Crippen LogP) is 3.80. The van der Waals surface area contributed by atoms with E-state index in [1.165, 1.54) is 14.2 Å². The van der Waals surface area contributed by atoms with Crippen molar-refractivity contribution in [3.8, 4) is 28.9 Å². The number of carbonyl (C=O) groups excluding carboxylic acids is 1. The van der Waals surface area contributed by atoms with Gasteiger partial charge in [0, 0.05) is 10.9 Å². The van der Waals surface area contributed by atoms with Crippen molar-refractivity contribution in [3.05, 3.63) is 47.5 Å². The van der Waals surface area contributed by atoms with Gasteiger partial charge in [0.2, 0.25) is 0 Å². The molecule has 0 N–H and O–H groups in total. The zero-order valence-corrected chi connectivity index (χ0v) is 12.6. The lowest BCUT2D eigenvalue weighted by Crippen LogP contribution is -1.88. The molecule has 0 aliphatic rings. The Bertz CT molecular complexity index is 934. The first kappa shape index (κ1) is 14.7. The highest BCUT2D eigenvalue weighted by Crippen LogP contribution is 2.38. The minimum atomic E-state index is 0.489. The summed E-state index contributed by atoms with van der Waals surface area (Å²) in [7, 11) is 3.06. The van der Waals surface area contributed by atoms with Crippen LogP contribution in [-0.4, -0.2) is 20.5 Å². The Morgan fingerprint density at radius 1 is 1.09 bits per heavy atom. The first-order valence-electron chi connectivity index (χ1n) is 6.85. The summed E-state index contributed by atoms with van der Waals surface area (Å²) >= 11 is 0. The van der Waals surface area contributed by atoms with Crippen molar-refractivity contribution >= 4 is 17.3 Å². The van der Waals surface area contributed by atoms with Gasteiger partial charge in [0.1, 0.15) is 17.8 Å². The Kier molecular flexibility index (Phi) is 3.73. The molecule has 0 saturated heterocycles. The molecule has 114 valence electrons. The molecule has 0 amide bonds. The average Bonchev–Trinajstić information content (AvgIpc) is 3.03. The average molecular weight is 307 g/mol. The number of fused-ring (bicyclic) bond motifs is 1. The zero-order chi connectivity index (χ0) is 16.4. The van der Waals surface area contributed by atoms with Gasteiger partial charge in [0.05, 0.1) is 31.4 Å². The number of nitrogens with zero attached hydrogens (tertiary/aromatic N) is 1. The van der Waals surface area contributed by atoms with Crippen LogP contribution in [0.1, 0.15) is 15.9 Å². The smallest absolute Gasteiger partial charge is 0.176 e. The largest absolute Gasteiger partial charge is 0.496 e. The molecule has 0 fully saturated rings. The third kappa shape index (κ3) is 2.51. The molecule has 0 radical (unpaired) electrons. The zero-order valence-electron chi connectivity index (χ0n) is 12.6. The highest BCUT2D eigenvalue weighted by molar-refractivity contribution is 5.93. The van der Waals surface area contributed by atoms with E-state index in [0.717, 1.165) is 17.2 Å². The van der Waals surface area contributed by atoms with Gasteiger partial charge >= 0.3 is 0 Å². The molecule has 1 heterocycles. The van der Waals surface area contributed by atoms with Crippen LogP contribution in [0, 0.1) is 11.3 Å². The molecule has 0 atom stereocenters. The van der Waals surface area contributed by atoms with Crippen LogP contribution in [-0.2, 0) is 0 Å². The maximum atomic E-state index is 11.0. The summed E-state index contributed by atoms with van der Waals surface area (Å²) < 4.78 is 16.5. The van der Waals surface area contributed by atoms with Crippen LogP contribution in [0.25, 0.3) is 22.3 Å². The number of nitriles is 1. The van der Waals surface area contributed by atoms with E-state index in [-0.39, 0.29) is 0 Å². The van der Waals surface area contributed by atoms with Gasteiger partial charge in [-0.05, 0) is 36.4 Å². The van der Waals surface area contributed by atoms with Gasteiger partial charge in [0.25, 0.3) is 0 Å². The number of ether oxygens (including phenoxy) is 2. The summed E-state index contributed by atoms with van der Waals surface area (Å²) in [5, 5.41) is 9.74. The minimum Gasteiger partial charge on any atom is -0.496 e. The van der Waals surface area contributed by atoms with Crippen molar-refractivity contribution in [1.29, 1.82) is 5.26 Å². The maximum absolute atomic E-state index is 11.0. The number of furan rings is 1. The van der Waals surface area contributed by atoms with Crippen LogP contribution in [0.2, 0.25) is 0 Å². The number of aldehydes is 1. The molecule has 0 aliphatic heterocycles. The second kappa shape index (κ2) is 5.85. The van der Waals surface area contributed by atoms with Gasteiger partial charge in [-0.3, -0.25) is 4.79 Å². The first-order valence-corrected chi connectivity index (χ1v) is 6.85. The van der Waals surface area contributed by atoms with Gasteiger partial charge in [-0.25, -0.2) is 0 Å². The molecular formula is C18H13NO4. The first-order chi connectivity index (χ1) is 11.2. The number of methoxy groups -OCH3 is 2. The van der Waals surface area contributed by atoms with Crippen molar-refractivity contribution in [2.45, 2.75) is 0 Å². The second-order valence-corrected chi connectivity index (χ2v) is 4.90. The summed E-state index contributed by atoms with van der Waals surface area (Å²) in [6.45, 7) is 0. The third-order valence-corrected chi connectivity index (χ3v) is 3.56. The molecule has 0 aliphatic carbocycles. The molecule has 2 aromatic carbocycles. The van der Waals surface area contributed by atoms with E-state index in [9.17, 15) is 4.79 Å². The quantitative estimate of drug-likeness (QED) is 0.685. The van der Waals surface area contributed by atoms with E-state index in [1.54, 1.807) is 30.3 Å². The summed E-state index contributed by atoms with van der Waals surface area (Å²) in [6.07, 6.45) is 0.761. The van der Waals surface area contributed by atoms with Gasteiger partial charge in [-0.15, -0.1) is 0 Å². The number of hydrogen-bond acceptors (Lipinski definition) is 5. The van der Waals surface area contributed by atoms with E-state index in [0.29, 0.717) is 34.0 Å². The van der Waals surface area contributed by atoms with Crippen LogP contribution in [0.15, 0.2) is 40.8 Å². The minimum absolute atomic E-state index is 0.489. The van der Waals surface area contributed by atoms with Crippen LogP contribution in [0.3, 0.4) is 0 Å². The number of hydrogen-bond donors (Lipinski definition) is 0. The van der Waals surface area contributed by atoms with E-state index in [4.69, 9.17) is 19.2 Å². The summed E-state index contributed by atoms with van der Waals surface area (Å²) in [4.78, 5) is 11.0. The number of rotatable bonds is 4. The normalized spacial score (nSPS) is 10.3. The summed E-state index contributed by atoms with van der Waals surface area (Å²) in [6, 6.07) is 12.3. The topological polar surface area (TPSA) is 72.5 Å². The van der Waals surface area contributed by atoms with Crippen molar-refractivity contribution in [2.24, 2.45) is 0 Å². The van der Waals surface area contributed by atoms with Gasteiger partial charge in [-0.2, -0.15) is 5.26 Å². The standard InChI is InChI=1S/C18H13NO4/c1-21-15-6-11(9-19)3-4-14(15)16-8-13-5-12(10-20)7-17(22-2)18(13)23-16/h3-8,10H,1-2H3. The SMILES string of the molecule is COc1cc(C#N)ccc1-c1cc2cc(C=O)cc(OC)c2o1. The Labute approximate surface area is 132 Å². The van der Waals surface area contributed by atoms with E-state index < -0.39 is 0 Å². The molecule has 1 aromatic heterocycles. The number of carbonyl (C=O) groups is 1. The van der Waals surface area contributed by atoms with Crippen molar-refractivity contribution in [2.75, 3.05) is 14.2 Å². The van der Waals surface area contributed by atoms with Crippen molar-refractivity contribution in [3.63, 3.8) is 0 Å². The summed E-state index contributed by atoms with van der Waals surface area (Å²) in [5.41, 5.74) is 2.29. The number of benzene rings is 2. The molecule has 5 heteroatoms. The van der Waals surface area contributed by atoms with E-state index in [2.05, 4.69) is 6.07 Å². The Morgan fingerprint density at radius 2 is 1.87 bits per heavy atom. The highest BCUT2D eigenvalue weighted by atomic mass is 16.5. The molecular weight excluding hydrogens is 294 g/mol. The van der Waals surface area contributed by atoms with Crippen molar-refractivity contribution < 1.29 is 18.7 Å². The molecule has 0 saturated carbocycles. The lowest BCUT2D eigenvalue weighted by Gasteiger charge is -2.06. The lowest BCUT2D eigenvalue weighted by atomic mass is 10.1. The predicted molar refractivity (Wildman–Crippen MR) is 84.9 cm³/mol. The van der Waals surface area contributed by atoms with Crippen LogP contribution < -0.4 is 9.47 Å². The van der Waals surface area contributed by atoms with Crippen LogP contribution >= 0.6 is 0 Å². The third-order valence-electron chi connectivity index (χ3n) is 3.56. The van der Waals surface area contributed by atoms with Crippen molar-refractivity contribution in [1.82, 2.24) is 0 Å². The van der Waals surface area contributed by atoms with Crippen LogP contribution in [0.5, 0.6) is 11.5 Å². The van der Waals surface area contributed by atoms with Gasteiger partial charge < -0.3 is 13.9 Å². The molecule has 0 spiro atoms. The van der Waals surface area contributed by atoms with E-state index >= 15 is 0 Å². The fourth-order valence-electron chi connectivity index (χ4n) is 2.46. The second-order valence-electron chi connectivity index (χ2n) is 4.90. The Balaban J connectivity index is 2.22. The van der Waals surface area contributed by atoms with Gasteiger partial charge in [0.15, 0.2) is 11.3 Å². The van der Waals surface area contributed by atoms with E-state index in [1.807, 2.05) is 6.07 Å². The molecule has 5 nitrogen and oxygen atoms in total. The summed E-state index contributed by atoms with van der Waals surface area (Å²) in [5.74, 6) is 1.60. The highest BCUT2D eigenvalue weighted by Gasteiger charge is 2.15. The molecule has 3 rings (SSSR count). The van der Waals surface area contributed by atoms with Gasteiger partial charge in [-0.1, -0.05) is 0 Å². The fraction of sp³-hybridized carbons (Fsp3) is 0.111. The molecule has 3 aromatic rings. The lowest BCUT2D eigenvalue weighted by molar-refractivity contribution is 0.112. The Morgan fingerprint density at radius 3 is 2.52 bits per heavy atom. The molecule has 23 heavy (non-hydrogen) atoms. The monoisotopic (exact) mass is 307 g/mol. The fourth-order valence-corrected chi connectivity index (χ4v) is 2.46.